The first-order valence-electron chi connectivity index (χ1n) is 7.94. The number of ether oxygens (including phenoxy) is 2. The Morgan fingerprint density at radius 1 is 1.17 bits per heavy atom. The van der Waals surface area contributed by atoms with E-state index in [2.05, 4.69) is 0 Å². The highest BCUT2D eigenvalue weighted by molar-refractivity contribution is 6.00. The molecular formula is C19H17NO4. The van der Waals surface area contributed by atoms with E-state index < -0.39 is 6.10 Å². The van der Waals surface area contributed by atoms with Crippen molar-refractivity contribution in [2.75, 3.05) is 18.6 Å². The van der Waals surface area contributed by atoms with Gasteiger partial charge >= 0.3 is 5.97 Å². The summed E-state index contributed by atoms with van der Waals surface area (Å²) in [7, 11) is 1.36. The van der Waals surface area contributed by atoms with E-state index in [1.807, 2.05) is 30.3 Å². The number of esters is 1. The van der Waals surface area contributed by atoms with E-state index in [-0.39, 0.29) is 11.9 Å². The number of hydrogen-bond acceptors (Lipinski definition) is 4. The van der Waals surface area contributed by atoms with Crippen LogP contribution in [0.5, 0.6) is 5.75 Å². The van der Waals surface area contributed by atoms with Crippen molar-refractivity contribution in [3.8, 4) is 5.75 Å². The molecule has 2 aliphatic heterocycles. The lowest BCUT2D eigenvalue weighted by Gasteiger charge is -2.21. The Bertz CT molecular complexity index is 805. The van der Waals surface area contributed by atoms with E-state index in [1.54, 1.807) is 17.0 Å². The molecule has 5 nitrogen and oxygen atoms in total. The van der Waals surface area contributed by atoms with Crippen LogP contribution in [0.4, 0.5) is 5.69 Å². The van der Waals surface area contributed by atoms with Crippen LogP contribution in [0.25, 0.3) is 0 Å². The number of nitrogens with zero attached hydrogens (tertiary/aromatic N) is 1. The second-order valence-corrected chi connectivity index (χ2v) is 5.99. The van der Waals surface area contributed by atoms with Crippen LogP contribution in [-0.2, 0) is 22.4 Å². The number of carbonyl (C=O) groups excluding carboxylic acids is 2. The maximum atomic E-state index is 12.9. The van der Waals surface area contributed by atoms with Gasteiger partial charge in [-0.25, -0.2) is 4.79 Å². The maximum Gasteiger partial charge on any atom is 0.337 e. The first-order chi connectivity index (χ1) is 11.7. The molecule has 0 aromatic heterocycles. The van der Waals surface area contributed by atoms with Crippen LogP contribution in [0.3, 0.4) is 0 Å². The molecule has 0 unspecified atom stereocenters. The Hall–Kier alpha value is -2.82. The van der Waals surface area contributed by atoms with E-state index in [1.165, 1.54) is 7.11 Å². The van der Waals surface area contributed by atoms with Crippen molar-refractivity contribution in [1.82, 2.24) is 0 Å². The summed E-state index contributed by atoms with van der Waals surface area (Å²) in [5.41, 5.74) is 3.42. The predicted molar refractivity (Wildman–Crippen MR) is 88.4 cm³/mol. The molecular weight excluding hydrogens is 306 g/mol. The molecule has 2 aromatic rings. The van der Waals surface area contributed by atoms with Gasteiger partial charge in [-0.3, -0.25) is 4.79 Å². The first kappa shape index (κ1) is 14.8. The van der Waals surface area contributed by atoms with Crippen LogP contribution < -0.4 is 9.64 Å². The first-order valence-corrected chi connectivity index (χ1v) is 7.94. The third-order valence-electron chi connectivity index (χ3n) is 4.58. The van der Waals surface area contributed by atoms with Gasteiger partial charge in [0.05, 0.1) is 12.7 Å². The number of methoxy groups -OCH3 is 1. The fourth-order valence-corrected chi connectivity index (χ4v) is 3.37. The third kappa shape index (κ3) is 2.33. The minimum Gasteiger partial charge on any atom is -0.480 e. The Labute approximate surface area is 139 Å². The lowest BCUT2D eigenvalue weighted by molar-refractivity contribution is -0.124. The molecule has 2 heterocycles. The number of hydrogen-bond donors (Lipinski definition) is 0. The van der Waals surface area contributed by atoms with Crippen LogP contribution >= 0.6 is 0 Å². The van der Waals surface area contributed by atoms with Crippen molar-refractivity contribution in [1.29, 1.82) is 0 Å². The van der Waals surface area contributed by atoms with E-state index >= 15 is 0 Å². The average molecular weight is 323 g/mol. The van der Waals surface area contributed by atoms with Gasteiger partial charge in [0.15, 0.2) is 6.10 Å². The molecule has 5 heteroatoms. The maximum absolute atomic E-state index is 12.9. The van der Waals surface area contributed by atoms with Crippen molar-refractivity contribution < 1.29 is 19.1 Å². The van der Waals surface area contributed by atoms with Crippen molar-refractivity contribution >= 4 is 17.6 Å². The van der Waals surface area contributed by atoms with E-state index in [9.17, 15) is 9.59 Å². The fourth-order valence-electron chi connectivity index (χ4n) is 3.37. The summed E-state index contributed by atoms with van der Waals surface area (Å²) in [6, 6.07) is 13.1. The molecule has 4 rings (SSSR count). The van der Waals surface area contributed by atoms with Gasteiger partial charge in [0.25, 0.3) is 5.91 Å². The zero-order valence-corrected chi connectivity index (χ0v) is 13.3. The van der Waals surface area contributed by atoms with Gasteiger partial charge in [0, 0.05) is 18.7 Å². The number of amides is 1. The molecule has 0 radical (unpaired) electrons. The molecule has 0 bridgehead atoms. The van der Waals surface area contributed by atoms with Crippen molar-refractivity contribution in [2.45, 2.75) is 18.9 Å². The predicted octanol–water partition coefficient (Wildman–Crippen LogP) is 2.37. The van der Waals surface area contributed by atoms with E-state index in [4.69, 9.17) is 9.47 Å². The Morgan fingerprint density at radius 3 is 2.79 bits per heavy atom. The molecule has 0 fully saturated rings. The Balaban J connectivity index is 1.56. The fraction of sp³-hybridized carbons (Fsp3) is 0.263. The number of rotatable bonds is 2. The summed E-state index contributed by atoms with van der Waals surface area (Å²) in [4.78, 5) is 26.3. The smallest absolute Gasteiger partial charge is 0.337 e. The highest BCUT2D eigenvalue weighted by atomic mass is 16.5. The molecule has 0 saturated carbocycles. The molecule has 2 aliphatic rings. The number of benzene rings is 2. The zero-order chi connectivity index (χ0) is 16.7. The van der Waals surface area contributed by atoms with E-state index in [0.29, 0.717) is 18.5 Å². The highest BCUT2D eigenvalue weighted by Gasteiger charge is 2.35. The second kappa shape index (κ2) is 5.67. The number of carbonyl (C=O) groups is 2. The lowest BCUT2D eigenvalue weighted by atomic mass is 10.1. The van der Waals surface area contributed by atoms with Crippen LogP contribution in [0.1, 0.15) is 21.5 Å². The SMILES string of the molecule is COC(=O)c1ccc2c(c1)CCN2C(=O)[C@H]1Cc2ccccc2O1. The molecule has 1 atom stereocenters. The standard InChI is InChI=1S/C19H17NO4/c1-23-19(22)14-6-7-15-12(10-14)8-9-20(15)18(21)17-11-13-4-2-3-5-16(13)24-17/h2-7,10,17H,8-9,11H2,1H3/t17-/m1/s1. The Morgan fingerprint density at radius 2 is 2.00 bits per heavy atom. The van der Waals surface area contributed by atoms with Gasteiger partial charge in [0.1, 0.15) is 5.75 Å². The van der Waals surface area contributed by atoms with Gasteiger partial charge in [-0.05, 0) is 41.8 Å². The number of anilines is 1. The monoisotopic (exact) mass is 323 g/mol. The van der Waals surface area contributed by atoms with Gasteiger partial charge in [-0.2, -0.15) is 0 Å². The van der Waals surface area contributed by atoms with Gasteiger partial charge in [-0.15, -0.1) is 0 Å². The van der Waals surface area contributed by atoms with Crippen LogP contribution in [0, 0.1) is 0 Å². The average Bonchev–Trinajstić information content (AvgIpc) is 3.23. The summed E-state index contributed by atoms with van der Waals surface area (Å²) in [6.07, 6.45) is 0.848. The molecule has 2 aromatic carbocycles. The van der Waals surface area contributed by atoms with Crippen molar-refractivity contribution in [3.63, 3.8) is 0 Å². The normalized spacial score (nSPS) is 17.9. The zero-order valence-electron chi connectivity index (χ0n) is 13.3. The van der Waals surface area contributed by atoms with Gasteiger partial charge in [0.2, 0.25) is 0 Å². The number of fused-ring (bicyclic) bond motifs is 2. The largest absolute Gasteiger partial charge is 0.480 e. The molecule has 122 valence electrons. The molecule has 0 spiro atoms. The van der Waals surface area contributed by atoms with Crippen molar-refractivity contribution in [3.05, 3.63) is 59.2 Å². The minimum atomic E-state index is -0.478. The quantitative estimate of drug-likeness (QED) is 0.796. The van der Waals surface area contributed by atoms with Crippen LogP contribution in [-0.4, -0.2) is 31.6 Å². The topological polar surface area (TPSA) is 55.8 Å². The minimum absolute atomic E-state index is 0.0317. The molecule has 0 saturated heterocycles. The third-order valence-corrected chi connectivity index (χ3v) is 4.58. The van der Waals surface area contributed by atoms with Gasteiger partial charge < -0.3 is 14.4 Å². The molecule has 0 aliphatic carbocycles. The summed E-state index contributed by atoms with van der Waals surface area (Å²) in [6.45, 7) is 0.606. The van der Waals surface area contributed by atoms with Gasteiger partial charge in [-0.1, -0.05) is 18.2 Å². The summed E-state index contributed by atoms with van der Waals surface area (Å²) in [5.74, 6) is 0.393. The molecule has 0 N–H and O–H groups in total. The summed E-state index contributed by atoms with van der Waals surface area (Å²) in [5, 5.41) is 0. The second-order valence-electron chi connectivity index (χ2n) is 5.99. The van der Waals surface area contributed by atoms with Crippen molar-refractivity contribution in [2.24, 2.45) is 0 Å². The summed E-state index contributed by atoms with van der Waals surface area (Å²) >= 11 is 0. The molecule has 24 heavy (non-hydrogen) atoms. The lowest BCUT2D eigenvalue weighted by Crippen LogP contribution is -2.40. The van der Waals surface area contributed by atoms with Crippen LogP contribution in [0.15, 0.2) is 42.5 Å². The van der Waals surface area contributed by atoms with Crippen LogP contribution in [0.2, 0.25) is 0 Å². The molecule has 1 amide bonds. The van der Waals surface area contributed by atoms with E-state index in [0.717, 1.165) is 29.0 Å². The summed E-state index contributed by atoms with van der Waals surface area (Å²) < 4.78 is 10.6. The Kier molecular flexibility index (Phi) is 3.49. The number of para-hydroxylation sites is 1. The highest BCUT2D eigenvalue weighted by Crippen LogP contribution is 2.33.